The van der Waals surface area contributed by atoms with Gasteiger partial charge in [-0.25, -0.2) is 10.2 Å². The third-order valence-corrected chi connectivity index (χ3v) is 5.17. The minimum atomic E-state index is -0.474. The minimum Gasteiger partial charge on any atom is -0.483 e. The fourth-order valence-electron chi connectivity index (χ4n) is 2.68. The van der Waals surface area contributed by atoms with Crippen molar-refractivity contribution in [3.63, 3.8) is 0 Å². The summed E-state index contributed by atoms with van der Waals surface area (Å²) in [7, 11) is 0. The maximum atomic E-state index is 12.3. The molecular weight excluding hydrogens is 460 g/mol. The predicted molar refractivity (Wildman–Crippen MR) is 123 cm³/mol. The van der Waals surface area contributed by atoms with E-state index in [1.807, 2.05) is 38.1 Å². The van der Waals surface area contributed by atoms with Gasteiger partial charge in [0.05, 0.1) is 11.8 Å². The highest BCUT2D eigenvalue weighted by Crippen LogP contribution is 2.21. The Balaban J connectivity index is 1.54. The van der Waals surface area contributed by atoms with Crippen LogP contribution in [0.15, 0.2) is 76.3 Å². The zero-order chi connectivity index (χ0) is 22.2. The molecule has 1 N–H and O–H groups in total. The number of amides is 1. The SMILES string of the molecule is Cc1cccc(OCC(=O)N/N=C/c2cccc(OC(=O)c3ccccc3Br)c2)c1C. The molecule has 158 valence electrons. The van der Waals surface area contributed by atoms with Gasteiger partial charge in [0.1, 0.15) is 11.5 Å². The standard InChI is InChI=1S/C24H21BrN2O4/c1-16-7-5-12-22(17(16)2)30-15-23(28)27-26-14-18-8-6-9-19(13-18)31-24(29)20-10-3-4-11-21(20)25/h3-14H,15H2,1-2H3,(H,27,28)/b26-14+. The van der Waals surface area contributed by atoms with E-state index >= 15 is 0 Å². The summed E-state index contributed by atoms with van der Waals surface area (Å²) < 4.78 is 11.6. The lowest BCUT2D eigenvalue weighted by Crippen LogP contribution is -2.24. The molecule has 0 radical (unpaired) electrons. The molecule has 0 unspecified atom stereocenters. The second-order valence-electron chi connectivity index (χ2n) is 6.72. The molecule has 0 saturated heterocycles. The van der Waals surface area contributed by atoms with Crippen LogP contribution in [0.3, 0.4) is 0 Å². The number of benzene rings is 3. The Hall–Kier alpha value is -3.45. The number of hydrogen-bond donors (Lipinski definition) is 1. The predicted octanol–water partition coefficient (Wildman–Crippen LogP) is 4.81. The van der Waals surface area contributed by atoms with Crippen molar-refractivity contribution in [2.75, 3.05) is 6.61 Å². The van der Waals surface area contributed by atoms with Crippen LogP contribution in [0.1, 0.15) is 27.0 Å². The van der Waals surface area contributed by atoms with Crippen LogP contribution < -0.4 is 14.9 Å². The highest BCUT2D eigenvalue weighted by atomic mass is 79.9. The van der Waals surface area contributed by atoms with Crippen molar-refractivity contribution in [1.29, 1.82) is 0 Å². The Morgan fingerprint density at radius 1 is 1.03 bits per heavy atom. The number of ether oxygens (including phenoxy) is 2. The molecule has 0 atom stereocenters. The Labute approximate surface area is 189 Å². The molecule has 31 heavy (non-hydrogen) atoms. The van der Waals surface area contributed by atoms with Gasteiger partial charge in [-0.3, -0.25) is 4.79 Å². The van der Waals surface area contributed by atoms with Crippen molar-refractivity contribution in [1.82, 2.24) is 5.43 Å². The average molecular weight is 481 g/mol. The molecule has 0 bridgehead atoms. The van der Waals surface area contributed by atoms with E-state index in [0.29, 0.717) is 27.1 Å². The van der Waals surface area contributed by atoms with Crippen LogP contribution in [-0.4, -0.2) is 24.7 Å². The molecule has 7 heteroatoms. The number of hydrogen-bond acceptors (Lipinski definition) is 5. The van der Waals surface area contributed by atoms with Gasteiger partial charge in [-0.1, -0.05) is 36.4 Å². The summed E-state index contributed by atoms with van der Waals surface area (Å²) in [4.78, 5) is 24.3. The van der Waals surface area contributed by atoms with Crippen LogP contribution in [-0.2, 0) is 4.79 Å². The normalized spacial score (nSPS) is 10.7. The van der Waals surface area contributed by atoms with Gasteiger partial charge < -0.3 is 9.47 Å². The van der Waals surface area contributed by atoms with Gasteiger partial charge in [-0.15, -0.1) is 0 Å². The van der Waals surface area contributed by atoms with Crippen molar-refractivity contribution >= 4 is 34.0 Å². The van der Waals surface area contributed by atoms with Gasteiger partial charge in [0.15, 0.2) is 6.61 Å². The summed E-state index contributed by atoms with van der Waals surface area (Å²) >= 11 is 3.33. The number of aryl methyl sites for hydroxylation is 1. The van der Waals surface area contributed by atoms with Gasteiger partial charge in [0.2, 0.25) is 0 Å². The molecule has 0 heterocycles. The first-order chi connectivity index (χ1) is 14.9. The maximum Gasteiger partial charge on any atom is 0.344 e. The van der Waals surface area contributed by atoms with E-state index in [0.717, 1.165) is 11.1 Å². The Bertz CT molecular complexity index is 1130. The largest absolute Gasteiger partial charge is 0.483 e. The lowest BCUT2D eigenvalue weighted by atomic mass is 10.1. The first-order valence-electron chi connectivity index (χ1n) is 9.52. The summed E-state index contributed by atoms with van der Waals surface area (Å²) in [5.74, 6) is 0.181. The zero-order valence-corrected chi connectivity index (χ0v) is 18.7. The molecule has 0 aliphatic carbocycles. The molecule has 3 aromatic carbocycles. The van der Waals surface area contributed by atoms with Crippen molar-refractivity contribution in [2.45, 2.75) is 13.8 Å². The average Bonchev–Trinajstić information content (AvgIpc) is 2.75. The van der Waals surface area contributed by atoms with Crippen LogP contribution in [0.2, 0.25) is 0 Å². The van der Waals surface area contributed by atoms with E-state index in [1.54, 1.807) is 42.5 Å². The zero-order valence-electron chi connectivity index (χ0n) is 17.1. The smallest absolute Gasteiger partial charge is 0.344 e. The van der Waals surface area contributed by atoms with E-state index in [-0.39, 0.29) is 12.5 Å². The molecule has 0 aliphatic heterocycles. The Morgan fingerprint density at radius 3 is 2.61 bits per heavy atom. The fourth-order valence-corrected chi connectivity index (χ4v) is 3.13. The number of nitrogens with one attached hydrogen (secondary N) is 1. The molecule has 3 rings (SSSR count). The summed E-state index contributed by atoms with van der Waals surface area (Å²) in [6.45, 7) is 3.78. The number of nitrogens with zero attached hydrogens (tertiary/aromatic N) is 1. The highest BCUT2D eigenvalue weighted by Gasteiger charge is 2.12. The van der Waals surface area contributed by atoms with Crippen molar-refractivity contribution < 1.29 is 19.1 Å². The van der Waals surface area contributed by atoms with Crippen LogP contribution in [0.5, 0.6) is 11.5 Å². The first kappa shape index (κ1) is 22.2. The molecule has 1 amide bonds. The molecule has 0 spiro atoms. The quantitative estimate of drug-likeness (QED) is 0.227. The summed E-state index contributed by atoms with van der Waals surface area (Å²) in [6.07, 6.45) is 1.46. The van der Waals surface area contributed by atoms with Crippen LogP contribution in [0, 0.1) is 13.8 Å². The van der Waals surface area contributed by atoms with Crippen LogP contribution >= 0.6 is 15.9 Å². The number of rotatable bonds is 7. The van der Waals surface area contributed by atoms with Gasteiger partial charge in [0.25, 0.3) is 5.91 Å². The number of esters is 1. The third kappa shape index (κ3) is 6.26. The van der Waals surface area contributed by atoms with E-state index in [9.17, 15) is 9.59 Å². The van der Waals surface area contributed by atoms with Crippen molar-refractivity contribution in [3.05, 3.63) is 93.5 Å². The molecule has 6 nitrogen and oxygen atoms in total. The van der Waals surface area contributed by atoms with Gasteiger partial charge in [-0.05, 0) is 76.8 Å². The van der Waals surface area contributed by atoms with Gasteiger partial charge in [-0.2, -0.15) is 5.10 Å². The molecule has 3 aromatic rings. The Kier molecular flexibility index (Phi) is 7.56. The summed E-state index contributed by atoms with van der Waals surface area (Å²) in [6, 6.07) is 19.5. The Morgan fingerprint density at radius 2 is 1.81 bits per heavy atom. The molecule has 0 fully saturated rings. The highest BCUT2D eigenvalue weighted by molar-refractivity contribution is 9.10. The lowest BCUT2D eigenvalue weighted by molar-refractivity contribution is -0.123. The number of carbonyl (C=O) groups is 2. The molecule has 0 aliphatic rings. The summed E-state index contributed by atoms with van der Waals surface area (Å²) in [5.41, 5.74) is 5.60. The van der Waals surface area contributed by atoms with Gasteiger partial charge in [0, 0.05) is 4.47 Å². The fraction of sp³-hybridized carbons (Fsp3) is 0.125. The van der Waals surface area contributed by atoms with E-state index in [4.69, 9.17) is 9.47 Å². The second kappa shape index (κ2) is 10.5. The molecular formula is C24H21BrN2O4. The van der Waals surface area contributed by atoms with Crippen LogP contribution in [0.4, 0.5) is 0 Å². The monoisotopic (exact) mass is 480 g/mol. The first-order valence-corrected chi connectivity index (χ1v) is 10.3. The van der Waals surface area contributed by atoms with E-state index < -0.39 is 5.97 Å². The number of carbonyl (C=O) groups excluding carboxylic acids is 2. The molecule has 0 saturated carbocycles. The molecule has 0 aromatic heterocycles. The van der Waals surface area contributed by atoms with Crippen molar-refractivity contribution in [2.24, 2.45) is 5.10 Å². The second-order valence-corrected chi connectivity index (χ2v) is 7.58. The summed E-state index contributed by atoms with van der Waals surface area (Å²) in [5, 5.41) is 3.93. The minimum absolute atomic E-state index is 0.148. The lowest BCUT2D eigenvalue weighted by Gasteiger charge is -2.09. The third-order valence-electron chi connectivity index (χ3n) is 4.48. The van der Waals surface area contributed by atoms with E-state index in [1.165, 1.54) is 6.21 Å². The number of halogens is 1. The maximum absolute atomic E-state index is 12.3. The van der Waals surface area contributed by atoms with Crippen molar-refractivity contribution in [3.8, 4) is 11.5 Å². The van der Waals surface area contributed by atoms with E-state index in [2.05, 4.69) is 26.5 Å². The van der Waals surface area contributed by atoms with Gasteiger partial charge >= 0.3 is 5.97 Å². The van der Waals surface area contributed by atoms with Crippen LogP contribution in [0.25, 0.3) is 0 Å². The number of hydrazone groups is 1. The topological polar surface area (TPSA) is 77.0 Å².